The standard InChI is InChI=1S/C20H18BrN3O3/c1-14(27-17-6-4-16(21)5-7-17)20(25)24-19-18(3-2-10-23-19)26-13-15-8-11-22-12-9-15/h2-12,14H,13H2,1H3,(H,23,24,25). The fourth-order valence-electron chi connectivity index (χ4n) is 2.23. The normalized spacial score (nSPS) is 11.5. The minimum Gasteiger partial charge on any atom is -0.485 e. The molecule has 0 radical (unpaired) electrons. The fourth-order valence-corrected chi connectivity index (χ4v) is 2.49. The highest BCUT2D eigenvalue weighted by Crippen LogP contribution is 2.23. The molecule has 2 aromatic heterocycles. The maximum absolute atomic E-state index is 12.5. The molecule has 0 fully saturated rings. The Bertz CT molecular complexity index is 888. The van der Waals surface area contributed by atoms with Crippen molar-refractivity contribution >= 4 is 27.7 Å². The number of nitrogens with one attached hydrogen (secondary N) is 1. The van der Waals surface area contributed by atoms with Crippen LogP contribution in [-0.2, 0) is 11.4 Å². The third kappa shape index (κ3) is 5.52. The molecule has 1 unspecified atom stereocenters. The number of hydrogen-bond donors (Lipinski definition) is 1. The Balaban J connectivity index is 1.62. The van der Waals surface area contributed by atoms with E-state index >= 15 is 0 Å². The third-order valence-corrected chi connectivity index (χ3v) is 4.18. The minimum atomic E-state index is -0.693. The quantitative estimate of drug-likeness (QED) is 0.610. The Morgan fingerprint density at radius 1 is 1.11 bits per heavy atom. The van der Waals surface area contributed by atoms with Gasteiger partial charge in [-0.05, 0) is 61.0 Å². The first-order chi connectivity index (χ1) is 13.1. The number of rotatable bonds is 7. The Kier molecular flexibility index (Phi) is 6.38. The van der Waals surface area contributed by atoms with Gasteiger partial charge >= 0.3 is 0 Å². The summed E-state index contributed by atoms with van der Waals surface area (Å²) in [5.74, 6) is 1.13. The molecule has 0 aliphatic carbocycles. The third-order valence-electron chi connectivity index (χ3n) is 3.65. The van der Waals surface area contributed by atoms with Gasteiger partial charge in [0.15, 0.2) is 17.7 Å². The Hall–Kier alpha value is -2.93. The Labute approximate surface area is 165 Å². The minimum absolute atomic E-state index is 0.314. The summed E-state index contributed by atoms with van der Waals surface area (Å²) in [6.45, 7) is 2.03. The number of anilines is 1. The molecule has 0 spiro atoms. The van der Waals surface area contributed by atoms with Gasteiger partial charge in [-0.3, -0.25) is 9.78 Å². The summed E-state index contributed by atoms with van der Waals surface area (Å²) in [5.41, 5.74) is 0.970. The van der Waals surface area contributed by atoms with Crippen molar-refractivity contribution in [2.75, 3.05) is 5.32 Å². The smallest absolute Gasteiger partial charge is 0.266 e. The average Bonchev–Trinajstić information content (AvgIpc) is 2.70. The molecule has 1 aromatic carbocycles. The number of pyridine rings is 2. The molecule has 27 heavy (non-hydrogen) atoms. The SMILES string of the molecule is CC(Oc1ccc(Br)cc1)C(=O)Nc1ncccc1OCc1ccncc1. The van der Waals surface area contributed by atoms with Crippen molar-refractivity contribution in [1.82, 2.24) is 9.97 Å². The topological polar surface area (TPSA) is 73.3 Å². The van der Waals surface area contributed by atoms with Crippen LogP contribution in [0.15, 0.2) is 71.6 Å². The molecule has 2 heterocycles. The summed E-state index contributed by atoms with van der Waals surface area (Å²) < 4.78 is 12.4. The van der Waals surface area contributed by atoms with Gasteiger partial charge in [0.05, 0.1) is 0 Å². The van der Waals surface area contributed by atoms with E-state index in [0.717, 1.165) is 10.0 Å². The van der Waals surface area contributed by atoms with E-state index in [4.69, 9.17) is 9.47 Å². The number of hydrogen-bond acceptors (Lipinski definition) is 5. The van der Waals surface area contributed by atoms with E-state index in [2.05, 4.69) is 31.2 Å². The lowest BCUT2D eigenvalue weighted by Crippen LogP contribution is -2.30. The lowest BCUT2D eigenvalue weighted by Gasteiger charge is -2.16. The highest BCUT2D eigenvalue weighted by atomic mass is 79.9. The van der Waals surface area contributed by atoms with E-state index in [1.165, 1.54) is 0 Å². The first-order valence-electron chi connectivity index (χ1n) is 8.31. The molecule has 0 aliphatic heterocycles. The number of amides is 1. The zero-order valence-corrected chi connectivity index (χ0v) is 16.2. The molecule has 7 heteroatoms. The van der Waals surface area contributed by atoms with Gasteiger partial charge in [0.2, 0.25) is 0 Å². The molecule has 1 N–H and O–H groups in total. The van der Waals surface area contributed by atoms with Gasteiger partial charge in [0, 0.05) is 23.1 Å². The van der Waals surface area contributed by atoms with Crippen molar-refractivity contribution in [2.24, 2.45) is 0 Å². The Morgan fingerprint density at radius 2 is 1.85 bits per heavy atom. The first-order valence-corrected chi connectivity index (χ1v) is 9.11. The zero-order valence-electron chi connectivity index (χ0n) is 14.6. The molecular weight excluding hydrogens is 410 g/mol. The van der Waals surface area contributed by atoms with Gasteiger partial charge in [0.1, 0.15) is 12.4 Å². The van der Waals surface area contributed by atoms with Gasteiger partial charge in [-0.2, -0.15) is 0 Å². The van der Waals surface area contributed by atoms with Crippen molar-refractivity contribution < 1.29 is 14.3 Å². The molecule has 3 aromatic rings. The summed E-state index contributed by atoms with van der Waals surface area (Å²) in [7, 11) is 0. The van der Waals surface area contributed by atoms with Crippen molar-refractivity contribution in [3.63, 3.8) is 0 Å². The number of carbonyl (C=O) groups is 1. The molecule has 6 nitrogen and oxygen atoms in total. The van der Waals surface area contributed by atoms with Gasteiger partial charge in [-0.15, -0.1) is 0 Å². The van der Waals surface area contributed by atoms with Crippen LogP contribution in [0.2, 0.25) is 0 Å². The van der Waals surface area contributed by atoms with Crippen LogP contribution < -0.4 is 14.8 Å². The van der Waals surface area contributed by atoms with Crippen molar-refractivity contribution in [1.29, 1.82) is 0 Å². The van der Waals surface area contributed by atoms with Crippen LogP contribution in [0.3, 0.4) is 0 Å². The van der Waals surface area contributed by atoms with Gasteiger partial charge in [-0.25, -0.2) is 4.98 Å². The van der Waals surface area contributed by atoms with E-state index in [9.17, 15) is 4.79 Å². The second-order valence-electron chi connectivity index (χ2n) is 5.70. The van der Waals surface area contributed by atoms with Crippen LogP contribution in [0.4, 0.5) is 5.82 Å². The van der Waals surface area contributed by atoms with Crippen LogP contribution in [0.5, 0.6) is 11.5 Å². The first kappa shape index (κ1) is 18.8. The van der Waals surface area contributed by atoms with E-state index in [1.807, 2.05) is 24.3 Å². The molecular formula is C20H18BrN3O3. The highest BCUT2D eigenvalue weighted by Gasteiger charge is 2.17. The summed E-state index contributed by atoms with van der Waals surface area (Å²) in [6.07, 6.45) is 4.30. The molecule has 1 amide bonds. The molecule has 0 saturated heterocycles. The second kappa shape index (κ2) is 9.14. The van der Waals surface area contributed by atoms with Crippen LogP contribution >= 0.6 is 15.9 Å². The van der Waals surface area contributed by atoms with Crippen LogP contribution in [0.25, 0.3) is 0 Å². The number of halogens is 1. The summed E-state index contributed by atoms with van der Waals surface area (Å²) >= 11 is 3.36. The summed E-state index contributed by atoms with van der Waals surface area (Å²) in [6, 6.07) is 14.5. The summed E-state index contributed by atoms with van der Waals surface area (Å²) in [4.78, 5) is 20.6. The maximum Gasteiger partial charge on any atom is 0.266 e. The number of aromatic nitrogens is 2. The number of benzene rings is 1. The van der Waals surface area contributed by atoms with Crippen molar-refractivity contribution in [2.45, 2.75) is 19.6 Å². The molecule has 0 saturated carbocycles. The number of ether oxygens (including phenoxy) is 2. The van der Waals surface area contributed by atoms with Gasteiger partial charge in [0.25, 0.3) is 5.91 Å². The zero-order chi connectivity index (χ0) is 19.1. The Morgan fingerprint density at radius 3 is 2.59 bits per heavy atom. The average molecular weight is 428 g/mol. The van der Waals surface area contributed by atoms with E-state index < -0.39 is 6.10 Å². The predicted molar refractivity (Wildman–Crippen MR) is 106 cm³/mol. The monoisotopic (exact) mass is 427 g/mol. The van der Waals surface area contributed by atoms with Gasteiger partial charge in [-0.1, -0.05) is 15.9 Å². The van der Waals surface area contributed by atoms with Crippen molar-refractivity contribution in [3.8, 4) is 11.5 Å². The van der Waals surface area contributed by atoms with Crippen LogP contribution in [0.1, 0.15) is 12.5 Å². The fraction of sp³-hybridized carbons (Fsp3) is 0.150. The molecule has 1 atom stereocenters. The molecule has 0 bridgehead atoms. The predicted octanol–water partition coefficient (Wildman–Crippen LogP) is 4.22. The molecule has 3 rings (SSSR count). The van der Waals surface area contributed by atoms with Crippen LogP contribution in [0, 0.1) is 0 Å². The van der Waals surface area contributed by atoms with E-state index in [-0.39, 0.29) is 5.91 Å². The van der Waals surface area contributed by atoms with E-state index in [1.54, 1.807) is 49.8 Å². The molecule has 0 aliphatic rings. The van der Waals surface area contributed by atoms with Crippen LogP contribution in [-0.4, -0.2) is 22.0 Å². The lowest BCUT2D eigenvalue weighted by atomic mass is 10.3. The van der Waals surface area contributed by atoms with Crippen molar-refractivity contribution in [3.05, 3.63) is 77.2 Å². The highest BCUT2D eigenvalue weighted by molar-refractivity contribution is 9.10. The second-order valence-corrected chi connectivity index (χ2v) is 6.61. The lowest BCUT2D eigenvalue weighted by molar-refractivity contribution is -0.122. The largest absolute Gasteiger partial charge is 0.485 e. The van der Waals surface area contributed by atoms with E-state index in [0.29, 0.717) is 23.9 Å². The van der Waals surface area contributed by atoms with Gasteiger partial charge < -0.3 is 14.8 Å². The number of carbonyl (C=O) groups excluding carboxylic acids is 1. The maximum atomic E-state index is 12.5. The number of nitrogens with zero attached hydrogens (tertiary/aromatic N) is 2. The summed E-state index contributed by atoms with van der Waals surface area (Å²) in [5, 5.41) is 2.76. The molecule has 138 valence electrons.